The van der Waals surface area contributed by atoms with Gasteiger partial charge >= 0.3 is 0 Å². The standard InChI is InChI=1S/C25H26FN5O3/c1-14(28)19-11-20(19)25(33)30-24-10-17(5-7-29-24)16-3-4-22(18(9-16)12-27)34-23-6-8-31(15(2)32)13-21(23)26/h3-5,7,9-10,19-21,23H,1,6,8,11,13,28H2,2H3,(H,29,30,33). The number of aromatic nitrogens is 1. The molecule has 2 aromatic rings. The van der Waals surface area contributed by atoms with E-state index in [-0.39, 0.29) is 35.8 Å². The molecule has 0 radical (unpaired) electrons. The minimum atomic E-state index is -1.34. The second kappa shape index (κ2) is 9.51. The number of carbonyl (C=O) groups excluding carboxylic acids is 2. The summed E-state index contributed by atoms with van der Waals surface area (Å²) in [5.74, 6) is 0.183. The molecule has 4 unspecified atom stereocenters. The summed E-state index contributed by atoms with van der Waals surface area (Å²) in [6, 6.07) is 10.7. The molecular weight excluding hydrogens is 437 g/mol. The summed E-state index contributed by atoms with van der Waals surface area (Å²) >= 11 is 0. The molecule has 8 nitrogen and oxygen atoms in total. The molecule has 0 bridgehead atoms. The Morgan fingerprint density at radius 1 is 1.29 bits per heavy atom. The van der Waals surface area contributed by atoms with E-state index in [2.05, 4.69) is 22.9 Å². The molecule has 1 saturated carbocycles. The number of allylic oxidation sites excluding steroid dienone is 1. The number of pyridine rings is 1. The highest BCUT2D eigenvalue weighted by atomic mass is 19.1. The van der Waals surface area contributed by atoms with Crippen LogP contribution in [0.4, 0.5) is 10.2 Å². The molecule has 2 amide bonds. The van der Waals surface area contributed by atoms with Gasteiger partial charge in [-0.05, 0) is 41.8 Å². The second-order valence-corrected chi connectivity index (χ2v) is 8.69. The fourth-order valence-electron chi connectivity index (χ4n) is 4.16. The first-order chi connectivity index (χ1) is 16.3. The Labute approximate surface area is 197 Å². The minimum absolute atomic E-state index is 0.00697. The number of rotatable bonds is 6. The number of anilines is 1. The third kappa shape index (κ3) is 5.01. The number of halogens is 1. The molecule has 1 aromatic heterocycles. The maximum Gasteiger partial charge on any atom is 0.229 e. The average molecular weight is 464 g/mol. The zero-order valence-corrected chi connectivity index (χ0v) is 18.8. The molecule has 2 heterocycles. The van der Waals surface area contributed by atoms with Crippen LogP contribution in [0.15, 0.2) is 48.8 Å². The van der Waals surface area contributed by atoms with Crippen LogP contribution in [0.5, 0.6) is 5.75 Å². The monoisotopic (exact) mass is 463 g/mol. The van der Waals surface area contributed by atoms with Gasteiger partial charge in [0.25, 0.3) is 0 Å². The lowest BCUT2D eigenvalue weighted by atomic mass is 10.0. The van der Waals surface area contributed by atoms with Gasteiger partial charge in [-0.1, -0.05) is 12.6 Å². The summed E-state index contributed by atoms with van der Waals surface area (Å²) in [5, 5.41) is 12.5. The zero-order valence-electron chi connectivity index (χ0n) is 18.8. The van der Waals surface area contributed by atoms with Gasteiger partial charge in [0.1, 0.15) is 23.7 Å². The summed E-state index contributed by atoms with van der Waals surface area (Å²) in [7, 11) is 0. The number of carbonyl (C=O) groups is 2. The van der Waals surface area contributed by atoms with Crippen LogP contribution < -0.4 is 15.8 Å². The van der Waals surface area contributed by atoms with Crippen LogP contribution in [-0.2, 0) is 9.59 Å². The number of ether oxygens (including phenoxy) is 1. The first-order valence-electron chi connectivity index (χ1n) is 11.1. The number of hydrogen-bond acceptors (Lipinski definition) is 6. The van der Waals surface area contributed by atoms with E-state index in [0.29, 0.717) is 36.7 Å². The van der Waals surface area contributed by atoms with E-state index in [1.807, 2.05) is 0 Å². The van der Waals surface area contributed by atoms with E-state index in [4.69, 9.17) is 10.5 Å². The molecule has 3 N–H and O–H groups in total. The van der Waals surface area contributed by atoms with Crippen molar-refractivity contribution in [2.24, 2.45) is 17.6 Å². The number of nitrogens with one attached hydrogen (secondary N) is 1. The van der Waals surface area contributed by atoms with Crippen LogP contribution in [0.3, 0.4) is 0 Å². The van der Waals surface area contributed by atoms with Crippen LogP contribution in [0.25, 0.3) is 11.1 Å². The molecule has 176 valence electrons. The highest BCUT2D eigenvalue weighted by Gasteiger charge is 2.44. The van der Waals surface area contributed by atoms with Crippen molar-refractivity contribution in [3.63, 3.8) is 0 Å². The number of alkyl halides is 1. The van der Waals surface area contributed by atoms with Gasteiger partial charge in [-0.25, -0.2) is 9.37 Å². The van der Waals surface area contributed by atoms with Gasteiger partial charge in [-0.15, -0.1) is 0 Å². The quantitative estimate of drug-likeness (QED) is 0.679. The van der Waals surface area contributed by atoms with Crippen LogP contribution in [0.2, 0.25) is 0 Å². The molecule has 34 heavy (non-hydrogen) atoms. The van der Waals surface area contributed by atoms with Gasteiger partial charge in [0.15, 0.2) is 6.17 Å². The Balaban J connectivity index is 1.46. The van der Waals surface area contributed by atoms with Crippen molar-refractivity contribution in [1.29, 1.82) is 5.26 Å². The SMILES string of the molecule is C=C(N)C1CC1C(=O)Nc1cc(-c2ccc(OC3CCN(C(C)=O)CC3F)c(C#N)c2)ccn1. The molecule has 1 saturated heterocycles. The zero-order chi connectivity index (χ0) is 24.4. The molecular formula is C25H26FN5O3. The predicted molar refractivity (Wildman–Crippen MR) is 124 cm³/mol. The molecule has 1 aliphatic carbocycles. The number of nitrogens with zero attached hydrogens (tertiary/aromatic N) is 3. The number of benzene rings is 1. The van der Waals surface area contributed by atoms with Gasteiger partial charge in [0.2, 0.25) is 11.8 Å². The van der Waals surface area contributed by atoms with Crippen LogP contribution in [0.1, 0.15) is 25.3 Å². The number of hydrogen-bond donors (Lipinski definition) is 2. The van der Waals surface area contributed by atoms with E-state index in [1.165, 1.54) is 11.8 Å². The van der Waals surface area contributed by atoms with Crippen molar-refractivity contribution < 1.29 is 18.7 Å². The molecule has 2 fully saturated rings. The number of nitrogens with two attached hydrogens (primary N) is 1. The maximum absolute atomic E-state index is 14.5. The Kier molecular flexibility index (Phi) is 6.50. The van der Waals surface area contributed by atoms with Gasteiger partial charge < -0.3 is 20.7 Å². The second-order valence-electron chi connectivity index (χ2n) is 8.69. The largest absolute Gasteiger partial charge is 0.486 e. The summed E-state index contributed by atoms with van der Waals surface area (Å²) in [4.78, 5) is 29.5. The first kappa shape index (κ1) is 23.2. The molecule has 4 atom stereocenters. The fourth-order valence-corrected chi connectivity index (χ4v) is 4.16. The van der Waals surface area contributed by atoms with E-state index in [1.54, 1.807) is 36.5 Å². The molecule has 4 rings (SSSR count). The summed E-state index contributed by atoms with van der Waals surface area (Å²) in [5.41, 5.74) is 7.94. The fraction of sp³-hybridized carbons (Fsp3) is 0.360. The Hall–Kier alpha value is -3.93. The lowest BCUT2D eigenvalue weighted by molar-refractivity contribution is -0.132. The summed E-state index contributed by atoms with van der Waals surface area (Å²) in [6.07, 6.45) is 0.538. The van der Waals surface area contributed by atoms with Gasteiger partial charge in [-0.2, -0.15) is 5.26 Å². The van der Waals surface area contributed by atoms with E-state index < -0.39 is 12.3 Å². The number of amides is 2. The van der Waals surface area contributed by atoms with Gasteiger partial charge in [0.05, 0.1) is 12.1 Å². The molecule has 2 aliphatic rings. The van der Waals surface area contributed by atoms with Crippen molar-refractivity contribution in [2.45, 2.75) is 32.0 Å². The van der Waals surface area contributed by atoms with Crippen molar-refractivity contribution in [3.8, 4) is 22.9 Å². The van der Waals surface area contributed by atoms with Gasteiger partial charge in [-0.3, -0.25) is 9.59 Å². The lowest BCUT2D eigenvalue weighted by Gasteiger charge is -2.34. The topological polar surface area (TPSA) is 121 Å². The smallest absolute Gasteiger partial charge is 0.229 e. The Morgan fingerprint density at radius 3 is 2.71 bits per heavy atom. The summed E-state index contributed by atoms with van der Waals surface area (Å²) in [6.45, 7) is 5.50. The third-order valence-corrected chi connectivity index (χ3v) is 6.25. The lowest BCUT2D eigenvalue weighted by Crippen LogP contribution is -2.48. The number of likely N-dealkylation sites (tertiary alicyclic amines) is 1. The van der Waals surface area contributed by atoms with Crippen molar-refractivity contribution in [3.05, 3.63) is 54.4 Å². The highest BCUT2D eigenvalue weighted by molar-refractivity contribution is 5.94. The Morgan fingerprint density at radius 2 is 2.06 bits per heavy atom. The molecule has 1 aromatic carbocycles. The average Bonchev–Trinajstić information content (AvgIpc) is 3.62. The van der Waals surface area contributed by atoms with E-state index in [9.17, 15) is 19.2 Å². The highest BCUT2D eigenvalue weighted by Crippen LogP contribution is 2.42. The molecule has 1 aliphatic heterocycles. The third-order valence-electron chi connectivity index (χ3n) is 6.25. The van der Waals surface area contributed by atoms with E-state index in [0.717, 1.165) is 11.1 Å². The molecule has 0 spiro atoms. The van der Waals surface area contributed by atoms with Gasteiger partial charge in [0, 0.05) is 43.6 Å². The van der Waals surface area contributed by atoms with Crippen molar-refractivity contribution in [1.82, 2.24) is 9.88 Å². The van der Waals surface area contributed by atoms with Crippen LogP contribution >= 0.6 is 0 Å². The van der Waals surface area contributed by atoms with Crippen molar-refractivity contribution in [2.75, 3.05) is 18.4 Å². The number of piperidine rings is 1. The predicted octanol–water partition coefficient (Wildman–Crippen LogP) is 3.00. The Bertz CT molecular complexity index is 1180. The summed E-state index contributed by atoms with van der Waals surface area (Å²) < 4.78 is 20.4. The van der Waals surface area contributed by atoms with Crippen LogP contribution in [-0.4, -0.2) is 47.1 Å². The molecule has 9 heteroatoms. The van der Waals surface area contributed by atoms with Crippen molar-refractivity contribution >= 4 is 17.6 Å². The number of nitriles is 1. The van der Waals surface area contributed by atoms with E-state index >= 15 is 0 Å². The maximum atomic E-state index is 14.5. The first-order valence-corrected chi connectivity index (χ1v) is 11.1. The normalized spacial score (nSPS) is 23.5. The minimum Gasteiger partial charge on any atom is -0.486 e. The van der Waals surface area contributed by atoms with Crippen LogP contribution in [0, 0.1) is 23.2 Å².